The van der Waals surface area contributed by atoms with E-state index in [1.165, 1.54) is 6.07 Å². The first-order chi connectivity index (χ1) is 14.6. The molecule has 0 bridgehead atoms. The zero-order valence-corrected chi connectivity index (χ0v) is 16.2. The number of halogens is 1. The van der Waals surface area contributed by atoms with Gasteiger partial charge in [0.05, 0.1) is 16.1 Å². The Hall–Kier alpha value is -3.90. The molecule has 0 unspecified atom stereocenters. The number of hydrogen-bond donors (Lipinski definition) is 2. The van der Waals surface area contributed by atoms with E-state index in [0.29, 0.717) is 33.1 Å². The van der Waals surface area contributed by atoms with Gasteiger partial charge in [-0.25, -0.2) is 9.78 Å². The predicted octanol–water partition coefficient (Wildman–Crippen LogP) is 5.24. The summed E-state index contributed by atoms with van der Waals surface area (Å²) in [6.07, 6.45) is 0. The second kappa shape index (κ2) is 7.17. The summed E-state index contributed by atoms with van der Waals surface area (Å²) in [5, 5.41) is 3.89. The van der Waals surface area contributed by atoms with Crippen molar-refractivity contribution in [3.63, 3.8) is 0 Å². The Bertz CT molecular complexity index is 1450. The van der Waals surface area contributed by atoms with Gasteiger partial charge in [-0.1, -0.05) is 41.9 Å². The van der Waals surface area contributed by atoms with Crippen LogP contribution < -0.4 is 10.9 Å². The molecule has 5 rings (SSSR count). The van der Waals surface area contributed by atoms with Crippen LogP contribution in [-0.2, 0) is 0 Å². The molecule has 0 aliphatic carbocycles. The standard InChI is InChI=1S/C23H14ClN3O3/c24-17-10-9-14(12-15(17)21-26-18-6-2-3-7-19(18)27-21)25-22(28)16-11-13-5-1-4-8-20(13)30-23(16)29/h1-12H,(H,25,28)(H,26,27). The third-order valence-electron chi connectivity index (χ3n) is 4.75. The first kappa shape index (κ1) is 18.1. The molecule has 0 saturated heterocycles. The number of fused-ring (bicyclic) bond motifs is 2. The number of H-pyrrole nitrogens is 1. The monoisotopic (exact) mass is 415 g/mol. The van der Waals surface area contributed by atoms with Crippen molar-refractivity contribution in [2.24, 2.45) is 0 Å². The van der Waals surface area contributed by atoms with Gasteiger partial charge in [-0.05, 0) is 42.5 Å². The van der Waals surface area contributed by atoms with Crippen molar-refractivity contribution in [1.29, 1.82) is 0 Å². The average molecular weight is 416 g/mol. The molecule has 0 spiro atoms. The van der Waals surface area contributed by atoms with Crippen LogP contribution in [0, 0.1) is 0 Å². The third-order valence-corrected chi connectivity index (χ3v) is 5.08. The molecule has 6 nitrogen and oxygen atoms in total. The Morgan fingerprint density at radius 2 is 1.80 bits per heavy atom. The maximum atomic E-state index is 12.7. The number of amides is 1. The topological polar surface area (TPSA) is 88.0 Å². The molecule has 30 heavy (non-hydrogen) atoms. The van der Waals surface area contributed by atoms with Gasteiger partial charge in [0, 0.05) is 16.6 Å². The van der Waals surface area contributed by atoms with Gasteiger partial charge in [0.2, 0.25) is 0 Å². The van der Waals surface area contributed by atoms with Crippen LogP contribution in [0.25, 0.3) is 33.4 Å². The van der Waals surface area contributed by atoms with Crippen LogP contribution in [0.1, 0.15) is 10.4 Å². The summed E-state index contributed by atoms with van der Waals surface area (Å²) in [5.41, 5.74) is 2.46. The molecule has 1 amide bonds. The lowest BCUT2D eigenvalue weighted by Crippen LogP contribution is -2.20. The Kier molecular flexibility index (Phi) is 4.34. The molecule has 7 heteroatoms. The summed E-state index contributed by atoms with van der Waals surface area (Å²) >= 11 is 6.36. The van der Waals surface area contributed by atoms with Gasteiger partial charge < -0.3 is 14.7 Å². The van der Waals surface area contributed by atoms with E-state index in [2.05, 4.69) is 15.3 Å². The molecule has 146 valence electrons. The number of nitrogens with zero attached hydrogens (tertiary/aromatic N) is 1. The molecule has 0 saturated carbocycles. The number of carbonyl (C=O) groups excluding carboxylic acids is 1. The van der Waals surface area contributed by atoms with Gasteiger partial charge in [0.1, 0.15) is 17.0 Å². The number of benzene rings is 3. The van der Waals surface area contributed by atoms with Gasteiger partial charge in [-0.15, -0.1) is 0 Å². The Morgan fingerprint density at radius 1 is 1.00 bits per heavy atom. The summed E-state index contributed by atoms with van der Waals surface area (Å²) in [5.74, 6) is 0.0231. The first-order valence-electron chi connectivity index (χ1n) is 9.17. The molecule has 0 aliphatic rings. The van der Waals surface area contributed by atoms with E-state index in [-0.39, 0.29) is 5.56 Å². The fourth-order valence-electron chi connectivity index (χ4n) is 3.28. The van der Waals surface area contributed by atoms with Crippen molar-refractivity contribution in [1.82, 2.24) is 9.97 Å². The number of carbonyl (C=O) groups is 1. The molecule has 5 aromatic rings. The molecule has 0 radical (unpaired) electrons. The highest BCUT2D eigenvalue weighted by Crippen LogP contribution is 2.30. The second-order valence-electron chi connectivity index (χ2n) is 6.74. The van der Waals surface area contributed by atoms with Crippen LogP contribution in [0.5, 0.6) is 0 Å². The van der Waals surface area contributed by atoms with Gasteiger partial charge >= 0.3 is 5.63 Å². The van der Waals surface area contributed by atoms with Crippen LogP contribution in [0.3, 0.4) is 0 Å². The molecule has 3 aromatic carbocycles. The summed E-state index contributed by atoms with van der Waals surface area (Å²) in [7, 11) is 0. The lowest BCUT2D eigenvalue weighted by atomic mass is 10.1. The van der Waals surface area contributed by atoms with Crippen LogP contribution in [-0.4, -0.2) is 15.9 Å². The van der Waals surface area contributed by atoms with E-state index in [1.54, 1.807) is 36.4 Å². The maximum Gasteiger partial charge on any atom is 0.349 e. The van der Waals surface area contributed by atoms with Gasteiger partial charge in [-0.2, -0.15) is 0 Å². The molecule has 2 N–H and O–H groups in total. The number of nitrogens with one attached hydrogen (secondary N) is 2. The molecule has 2 heterocycles. The number of para-hydroxylation sites is 3. The second-order valence-corrected chi connectivity index (χ2v) is 7.14. The minimum Gasteiger partial charge on any atom is -0.422 e. The van der Waals surface area contributed by atoms with Crippen molar-refractivity contribution in [2.75, 3.05) is 5.32 Å². The Morgan fingerprint density at radius 3 is 2.67 bits per heavy atom. The van der Waals surface area contributed by atoms with Crippen molar-refractivity contribution < 1.29 is 9.21 Å². The Balaban J connectivity index is 1.49. The van der Waals surface area contributed by atoms with E-state index in [0.717, 1.165) is 11.0 Å². The zero-order chi connectivity index (χ0) is 20.7. The lowest BCUT2D eigenvalue weighted by Gasteiger charge is -2.08. The van der Waals surface area contributed by atoms with Crippen molar-refractivity contribution in [3.8, 4) is 11.4 Å². The van der Waals surface area contributed by atoms with Crippen molar-refractivity contribution in [2.45, 2.75) is 0 Å². The summed E-state index contributed by atoms with van der Waals surface area (Å²) in [6, 6.07) is 21.2. The zero-order valence-electron chi connectivity index (χ0n) is 15.5. The fourth-order valence-corrected chi connectivity index (χ4v) is 3.49. The number of aromatic amines is 1. The van der Waals surface area contributed by atoms with E-state index >= 15 is 0 Å². The predicted molar refractivity (Wildman–Crippen MR) is 117 cm³/mol. The third kappa shape index (κ3) is 3.23. The number of aromatic nitrogens is 2. The van der Waals surface area contributed by atoms with Crippen molar-refractivity contribution >= 4 is 45.2 Å². The van der Waals surface area contributed by atoms with E-state index in [4.69, 9.17) is 16.0 Å². The van der Waals surface area contributed by atoms with Gasteiger partial charge in [0.25, 0.3) is 5.91 Å². The number of hydrogen-bond acceptors (Lipinski definition) is 4. The van der Waals surface area contributed by atoms with Crippen molar-refractivity contribution in [3.05, 3.63) is 93.8 Å². The minimum absolute atomic E-state index is 0.0751. The van der Waals surface area contributed by atoms with E-state index in [1.807, 2.05) is 30.3 Å². The summed E-state index contributed by atoms with van der Waals surface area (Å²) < 4.78 is 5.24. The highest BCUT2D eigenvalue weighted by molar-refractivity contribution is 6.33. The SMILES string of the molecule is O=C(Nc1ccc(Cl)c(-c2nc3ccccc3[nH]2)c1)c1cc2ccccc2oc1=O. The minimum atomic E-state index is -0.697. The summed E-state index contributed by atoms with van der Waals surface area (Å²) in [6.45, 7) is 0. The normalized spacial score (nSPS) is 11.1. The van der Waals surface area contributed by atoms with Gasteiger partial charge in [0.15, 0.2) is 0 Å². The maximum absolute atomic E-state index is 12.7. The lowest BCUT2D eigenvalue weighted by molar-refractivity contribution is 0.102. The van der Waals surface area contributed by atoms with Crippen LogP contribution in [0.4, 0.5) is 5.69 Å². The van der Waals surface area contributed by atoms with Gasteiger partial charge in [-0.3, -0.25) is 4.79 Å². The fraction of sp³-hybridized carbons (Fsp3) is 0. The molecule has 2 aromatic heterocycles. The highest BCUT2D eigenvalue weighted by atomic mass is 35.5. The highest BCUT2D eigenvalue weighted by Gasteiger charge is 2.16. The largest absolute Gasteiger partial charge is 0.422 e. The Labute approximate surface area is 175 Å². The van der Waals surface area contributed by atoms with Crippen LogP contribution in [0.2, 0.25) is 5.02 Å². The number of imidazole rings is 1. The van der Waals surface area contributed by atoms with E-state index in [9.17, 15) is 9.59 Å². The molecule has 0 aliphatic heterocycles. The average Bonchev–Trinajstić information content (AvgIpc) is 3.18. The number of anilines is 1. The van der Waals surface area contributed by atoms with Crippen LogP contribution in [0.15, 0.2) is 82.0 Å². The number of rotatable bonds is 3. The first-order valence-corrected chi connectivity index (χ1v) is 9.55. The summed E-state index contributed by atoms with van der Waals surface area (Å²) in [4.78, 5) is 32.7. The molecule has 0 fully saturated rings. The molecule has 0 atom stereocenters. The molecular formula is C23H14ClN3O3. The quantitative estimate of drug-likeness (QED) is 0.394. The smallest absolute Gasteiger partial charge is 0.349 e. The molecular weight excluding hydrogens is 402 g/mol. The van der Waals surface area contributed by atoms with E-state index < -0.39 is 11.5 Å². The van der Waals surface area contributed by atoms with Crippen LogP contribution >= 0.6 is 11.6 Å².